The van der Waals surface area contributed by atoms with Gasteiger partial charge in [-0.15, -0.1) is 12.3 Å². The van der Waals surface area contributed by atoms with Crippen molar-refractivity contribution in [1.82, 2.24) is 0 Å². The van der Waals surface area contributed by atoms with Gasteiger partial charge in [-0.25, -0.2) is 0 Å². The molecule has 0 aromatic heterocycles. The highest BCUT2D eigenvalue weighted by Gasteiger charge is 2.60. The molecule has 0 bridgehead atoms. The number of hydrogen-bond acceptors (Lipinski definition) is 1. The van der Waals surface area contributed by atoms with E-state index in [0.717, 1.165) is 19.3 Å². The van der Waals surface area contributed by atoms with Crippen LogP contribution in [-0.4, -0.2) is 5.78 Å². The molecule has 1 heteroatoms. The lowest BCUT2D eigenvalue weighted by molar-refractivity contribution is -0.133. The average molecular weight is 296 g/mol. The summed E-state index contributed by atoms with van der Waals surface area (Å²) in [7, 11) is 0. The number of terminal acetylenes is 1. The second-order valence-electron chi connectivity index (χ2n) is 8.78. The van der Waals surface area contributed by atoms with E-state index < -0.39 is 0 Å². The maximum atomic E-state index is 13.0. The Kier molecular flexibility index (Phi) is 3.13. The second kappa shape index (κ2) is 4.73. The summed E-state index contributed by atoms with van der Waals surface area (Å²) >= 11 is 0. The van der Waals surface area contributed by atoms with Crippen molar-refractivity contribution in [3.63, 3.8) is 0 Å². The van der Waals surface area contributed by atoms with E-state index in [1.54, 1.807) is 0 Å². The molecule has 0 radical (unpaired) electrons. The number of rotatable bonds is 0. The summed E-state index contributed by atoms with van der Waals surface area (Å²) in [4.78, 5) is 13.0. The summed E-state index contributed by atoms with van der Waals surface area (Å²) in [5.74, 6) is 5.23. The maximum Gasteiger partial charge on any atom is 0.159 e. The van der Waals surface area contributed by atoms with Crippen LogP contribution in [0.3, 0.4) is 0 Å². The highest BCUT2D eigenvalue weighted by atomic mass is 16.1. The monoisotopic (exact) mass is 296 g/mol. The summed E-state index contributed by atoms with van der Waals surface area (Å²) in [5.41, 5.74) is 1.98. The van der Waals surface area contributed by atoms with E-state index >= 15 is 0 Å². The molecule has 6 atom stereocenters. The van der Waals surface area contributed by atoms with Crippen LogP contribution in [0, 0.1) is 46.8 Å². The van der Waals surface area contributed by atoms with E-state index in [4.69, 9.17) is 6.42 Å². The Labute approximate surface area is 134 Å². The van der Waals surface area contributed by atoms with Gasteiger partial charge in [0.05, 0.1) is 0 Å². The molecule has 4 aliphatic rings. The average Bonchev–Trinajstić information content (AvgIpc) is 2.84. The molecule has 0 spiro atoms. The standard InChI is InChI=1S/C21H28O/c1-4-14-8-9-16-19-17(10-12-21(14,16)3)20(2)11-6-5-7-15(20)13-18(19)22/h1,13-14,16-17,19H,5-12H2,2-3H3/t14-,16+,17+,19+,20+,21-/m1/s1. The van der Waals surface area contributed by atoms with Crippen molar-refractivity contribution >= 4 is 5.78 Å². The summed E-state index contributed by atoms with van der Waals surface area (Å²) in [6, 6.07) is 0. The highest BCUT2D eigenvalue weighted by molar-refractivity contribution is 5.94. The Hall–Kier alpha value is -1.03. The Bertz CT molecular complexity index is 579. The van der Waals surface area contributed by atoms with Gasteiger partial charge in [0.1, 0.15) is 0 Å². The Morgan fingerprint density at radius 3 is 2.73 bits per heavy atom. The van der Waals surface area contributed by atoms with Crippen molar-refractivity contribution in [2.24, 2.45) is 34.5 Å². The van der Waals surface area contributed by atoms with Gasteiger partial charge in [-0.2, -0.15) is 0 Å². The van der Waals surface area contributed by atoms with Gasteiger partial charge >= 0.3 is 0 Å². The first kappa shape index (κ1) is 14.6. The minimum absolute atomic E-state index is 0.210. The summed E-state index contributed by atoms with van der Waals surface area (Å²) < 4.78 is 0. The molecule has 0 heterocycles. The van der Waals surface area contributed by atoms with Crippen molar-refractivity contribution in [1.29, 1.82) is 0 Å². The molecule has 4 aliphatic carbocycles. The molecule has 3 saturated carbocycles. The normalized spacial score (nSPS) is 50.4. The number of hydrogen-bond donors (Lipinski definition) is 0. The van der Waals surface area contributed by atoms with Crippen LogP contribution in [0.15, 0.2) is 11.6 Å². The van der Waals surface area contributed by atoms with Gasteiger partial charge in [0.2, 0.25) is 0 Å². The molecule has 0 saturated heterocycles. The van der Waals surface area contributed by atoms with Crippen LogP contribution in [0.1, 0.15) is 65.2 Å². The Morgan fingerprint density at radius 2 is 1.95 bits per heavy atom. The van der Waals surface area contributed by atoms with E-state index in [0.29, 0.717) is 29.0 Å². The van der Waals surface area contributed by atoms with E-state index in [1.807, 2.05) is 0 Å². The van der Waals surface area contributed by atoms with Crippen molar-refractivity contribution in [2.45, 2.75) is 65.2 Å². The van der Waals surface area contributed by atoms with Crippen LogP contribution in [0.2, 0.25) is 0 Å². The van der Waals surface area contributed by atoms with Crippen molar-refractivity contribution in [3.05, 3.63) is 11.6 Å². The number of carbonyl (C=O) groups excluding carboxylic acids is 1. The van der Waals surface area contributed by atoms with Gasteiger partial charge in [0, 0.05) is 11.8 Å². The molecule has 0 aromatic rings. The smallest absolute Gasteiger partial charge is 0.159 e. The molecule has 0 aliphatic heterocycles. The molecule has 1 nitrogen and oxygen atoms in total. The maximum absolute atomic E-state index is 13.0. The zero-order valence-corrected chi connectivity index (χ0v) is 14.0. The topological polar surface area (TPSA) is 17.1 Å². The molecule has 3 fully saturated rings. The Morgan fingerprint density at radius 1 is 1.14 bits per heavy atom. The second-order valence-corrected chi connectivity index (χ2v) is 8.78. The third-order valence-corrected chi connectivity index (χ3v) is 8.06. The predicted octanol–water partition coefficient (Wildman–Crippen LogP) is 4.77. The molecular formula is C21H28O. The van der Waals surface area contributed by atoms with E-state index in [9.17, 15) is 4.79 Å². The van der Waals surface area contributed by atoms with E-state index in [2.05, 4.69) is 25.8 Å². The predicted molar refractivity (Wildman–Crippen MR) is 89.0 cm³/mol. The first-order valence-corrected chi connectivity index (χ1v) is 9.22. The summed E-state index contributed by atoms with van der Waals surface area (Å²) in [6.07, 6.45) is 17.6. The number of ketones is 1. The van der Waals surface area contributed by atoms with Gasteiger partial charge in [-0.1, -0.05) is 25.8 Å². The van der Waals surface area contributed by atoms with Crippen LogP contribution < -0.4 is 0 Å². The third kappa shape index (κ3) is 1.70. The number of fused-ring (bicyclic) bond motifs is 5. The zero-order chi connectivity index (χ0) is 15.5. The van der Waals surface area contributed by atoms with Gasteiger partial charge in [-0.3, -0.25) is 4.79 Å². The highest BCUT2D eigenvalue weighted by Crippen LogP contribution is 2.65. The van der Waals surface area contributed by atoms with Crippen LogP contribution in [0.25, 0.3) is 0 Å². The molecule has 22 heavy (non-hydrogen) atoms. The van der Waals surface area contributed by atoms with E-state index in [1.165, 1.54) is 37.7 Å². The molecular weight excluding hydrogens is 268 g/mol. The van der Waals surface area contributed by atoms with Crippen LogP contribution in [0.4, 0.5) is 0 Å². The molecule has 0 unspecified atom stereocenters. The summed E-state index contributed by atoms with van der Waals surface area (Å²) in [6.45, 7) is 4.83. The Balaban J connectivity index is 1.76. The SMILES string of the molecule is C#C[C@@H]1CC[C@H]2[C@@H]3C(=O)C=C4CCCC[C@]4(C)[C@H]3CC[C@]12C. The molecule has 0 N–H and O–H groups in total. The van der Waals surface area contributed by atoms with Crippen molar-refractivity contribution in [3.8, 4) is 12.3 Å². The lowest BCUT2D eigenvalue weighted by atomic mass is 9.47. The minimum atomic E-state index is 0.210. The molecule has 118 valence electrons. The fourth-order valence-corrected chi connectivity index (χ4v) is 6.71. The lowest BCUT2D eigenvalue weighted by Crippen LogP contribution is -2.52. The van der Waals surface area contributed by atoms with Gasteiger partial charge < -0.3 is 0 Å². The zero-order valence-electron chi connectivity index (χ0n) is 14.0. The fourth-order valence-electron chi connectivity index (χ4n) is 6.71. The van der Waals surface area contributed by atoms with Crippen LogP contribution in [0.5, 0.6) is 0 Å². The fraction of sp³-hybridized carbons (Fsp3) is 0.762. The van der Waals surface area contributed by atoms with Crippen LogP contribution >= 0.6 is 0 Å². The van der Waals surface area contributed by atoms with Crippen molar-refractivity contribution < 1.29 is 4.79 Å². The number of carbonyl (C=O) groups is 1. The molecule has 0 amide bonds. The number of allylic oxidation sites excluding steroid dienone is 2. The first-order valence-electron chi connectivity index (χ1n) is 9.22. The summed E-state index contributed by atoms with van der Waals surface area (Å²) in [5, 5.41) is 0. The van der Waals surface area contributed by atoms with Crippen LogP contribution in [-0.2, 0) is 4.79 Å². The molecule has 0 aromatic carbocycles. The van der Waals surface area contributed by atoms with Gasteiger partial charge in [-0.05, 0) is 73.7 Å². The lowest BCUT2D eigenvalue weighted by Gasteiger charge is -2.56. The van der Waals surface area contributed by atoms with Crippen molar-refractivity contribution in [2.75, 3.05) is 0 Å². The van der Waals surface area contributed by atoms with Gasteiger partial charge in [0.25, 0.3) is 0 Å². The quantitative estimate of drug-likeness (QED) is 0.589. The van der Waals surface area contributed by atoms with E-state index in [-0.39, 0.29) is 11.3 Å². The van der Waals surface area contributed by atoms with Gasteiger partial charge in [0.15, 0.2) is 5.78 Å². The first-order chi connectivity index (χ1) is 10.5. The minimum Gasteiger partial charge on any atom is -0.295 e. The third-order valence-electron chi connectivity index (χ3n) is 8.06. The molecule has 4 rings (SSSR count). The largest absolute Gasteiger partial charge is 0.295 e.